The summed E-state index contributed by atoms with van der Waals surface area (Å²) in [6.45, 7) is 10.7. The van der Waals surface area contributed by atoms with Gasteiger partial charge in [-0.25, -0.2) is 13.2 Å². The highest BCUT2D eigenvalue weighted by Crippen LogP contribution is 2.45. The van der Waals surface area contributed by atoms with Crippen LogP contribution in [0.25, 0.3) is 0 Å². The molecule has 3 aliphatic heterocycles. The van der Waals surface area contributed by atoms with Crippen LogP contribution in [-0.4, -0.2) is 83.6 Å². The molecule has 3 heterocycles. The molecule has 0 unspecified atom stereocenters. The van der Waals surface area contributed by atoms with Gasteiger partial charge in [-0.15, -0.1) is 6.58 Å². The van der Waals surface area contributed by atoms with Crippen LogP contribution < -0.4 is 15.4 Å². The molecule has 4 bridgehead atoms. The van der Waals surface area contributed by atoms with Gasteiger partial charge in [-0.2, -0.15) is 0 Å². The zero-order valence-electron chi connectivity index (χ0n) is 28.9. The summed E-state index contributed by atoms with van der Waals surface area (Å²) in [7, 11) is -3.85. The van der Waals surface area contributed by atoms with Gasteiger partial charge in [0.1, 0.15) is 17.7 Å². The predicted octanol–water partition coefficient (Wildman–Crippen LogP) is 3.29. The number of hydrogen-bond donors (Lipinski definition) is 3. The summed E-state index contributed by atoms with van der Waals surface area (Å²) in [6.07, 6.45) is 7.63. The number of rotatable bonds is 7. The molecule has 6 rings (SSSR count). The number of carbonyl (C=O) groups excluding carboxylic acids is 4. The van der Waals surface area contributed by atoms with Crippen molar-refractivity contribution >= 4 is 33.8 Å². The first kappa shape index (κ1) is 35.4. The first-order valence-electron chi connectivity index (χ1n) is 17.9. The van der Waals surface area contributed by atoms with E-state index in [0.717, 1.165) is 44.1 Å². The molecule has 0 aromatic heterocycles. The molecule has 12 nitrogen and oxygen atoms in total. The molecule has 6 atom stereocenters. The van der Waals surface area contributed by atoms with Crippen LogP contribution in [0.3, 0.4) is 0 Å². The maximum Gasteiger partial charge on any atom is 0.410 e. The molecule has 49 heavy (non-hydrogen) atoms. The van der Waals surface area contributed by atoms with Crippen LogP contribution in [0.2, 0.25) is 0 Å². The Morgan fingerprint density at radius 2 is 1.82 bits per heavy atom. The van der Waals surface area contributed by atoms with E-state index >= 15 is 0 Å². The van der Waals surface area contributed by atoms with E-state index in [0.29, 0.717) is 25.9 Å². The molecular weight excluding hydrogens is 646 g/mol. The van der Waals surface area contributed by atoms with Crippen LogP contribution in [0.4, 0.5) is 4.79 Å². The number of ether oxygens (including phenoxy) is 1. The number of carbonyl (C=O) groups is 4. The predicted molar refractivity (Wildman–Crippen MR) is 183 cm³/mol. The van der Waals surface area contributed by atoms with Crippen molar-refractivity contribution < 1.29 is 32.3 Å². The van der Waals surface area contributed by atoms with Gasteiger partial charge in [0, 0.05) is 31.5 Å². The van der Waals surface area contributed by atoms with Gasteiger partial charge < -0.3 is 20.3 Å². The molecule has 2 saturated carbocycles. The summed E-state index contributed by atoms with van der Waals surface area (Å²) in [4.78, 5) is 58.5. The summed E-state index contributed by atoms with van der Waals surface area (Å²) in [5.74, 6) is -2.23. The van der Waals surface area contributed by atoms with Crippen molar-refractivity contribution in [1.29, 1.82) is 0 Å². The molecule has 0 radical (unpaired) electrons. The SMILES string of the molecule is C=C[C@@H]1C[C@]1(NC(=O)[C@@H]1C[C@@H]2CN1C(=O)[C@H](C(C)C)N[C@H](C)CCCCCCc1cccc3c1CN(C3)C(=O)O2)C(=O)NS(=O)(=O)C1CC1. The smallest absolute Gasteiger partial charge is 0.410 e. The van der Waals surface area contributed by atoms with Gasteiger partial charge in [0.2, 0.25) is 21.8 Å². The molecule has 268 valence electrons. The van der Waals surface area contributed by atoms with Crippen LogP contribution >= 0.6 is 0 Å². The summed E-state index contributed by atoms with van der Waals surface area (Å²) in [5.41, 5.74) is 2.05. The minimum Gasteiger partial charge on any atom is -0.444 e. The third-order valence-corrected chi connectivity index (χ3v) is 12.8. The third kappa shape index (κ3) is 7.52. The highest BCUT2D eigenvalue weighted by Gasteiger charge is 2.62. The van der Waals surface area contributed by atoms with Crippen molar-refractivity contribution in [2.45, 2.75) is 133 Å². The largest absolute Gasteiger partial charge is 0.444 e. The normalized spacial score (nSPS) is 31.0. The molecule has 13 heteroatoms. The Kier molecular flexibility index (Phi) is 10.1. The van der Waals surface area contributed by atoms with Gasteiger partial charge in [0.05, 0.1) is 17.8 Å². The Morgan fingerprint density at radius 1 is 1.08 bits per heavy atom. The minimum absolute atomic E-state index is 0.0219. The molecule has 3 fully saturated rings. The molecule has 4 amide bonds. The van der Waals surface area contributed by atoms with E-state index in [1.165, 1.54) is 22.1 Å². The van der Waals surface area contributed by atoms with Gasteiger partial charge in [-0.1, -0.05) is 57.4 Å². The molecule has 0 spiro atoms. The number of nitrogens with one attached hydrogen (secondary N) is 3. The van der Waals surface area contributed by atoms with E-state index in [1.54, 1.807) is 4.90 Å². The number of hydrogen-bond acceptors (Lipinski definition) is 8. The van der Waals surface area contributed by atoms with Crippen LogP contribution in [0.15, 0.2) is 30.9 Å². The Hall–Kier alpha value is -3.45. The summed E-state index contributed by atoms with van der Waals surface area (Å²) >= 11 is 0. The van der Waals surface area contributed by atoms with Crippen LogP contribution in [0, 0.1) is 11.8 Å². The lowest BCUT2D eigenvalue weighted by molar-refractivity contribution is -0.142. The van der Waals surface area contributed by atoms with Crippen molar-refractivity contribution in [2.24, 2.45) is 11.8 Å². The number of amides is 4. The average molecular weight is 698 g/mol. The standard InChI is InChI=1S/C36H51N5O7S/c1-5-26-18-36(26,34(44)39-49(46,47)28-15-16-28)38-32(42)30-17-27-20-41(30)33(43)31(22(2)3)37-23(4)11-8-6-7-9-12-24-13-10-14-25-19-40(21-29(24)25)35(45)48-27/h5,10,13-14,22-23,26-28,30-31,37H,1,6-9,11-12,15-21H2,2-4H3,(H,38,42)(H,39,44)/t23-,26-,27-,30+,31+,36-/m1/s1. The Bertz CT molecular complexity index is 1590. The maximum atomic E-state index is 14.3. The molecule has 1 aromatic rings. The highest BCUT2D eigenvalue weighted by atomic mass is 32.2. The van der Waals surface area contributed by atoms with E-state index in [-0.39, 0.29) is 37.3 Å². The van der Waals surface area contributed by atoms with Crippen molar-refractivity contribution in [1.82, 2.24) is 25.2 Å². The fraction of sp³-hybridized carbons (Fsp3) is 0.667. The molecule has 1 aromatic carbocycles. The number of sulfonamides is 1. The van der Waals surface area contributed by atoms with Crippen LogP contribution in [0.5, 0.6) is 0 Å². The number of benzene rings is 1. The first-order valence-corrected chi connectivity index (χ1v) is 19.5. The summed E-state index contributed by atoms with van der Waals surface area (Å²) < 4.78 is 33.5. The van der Waals surface area contributed by atoms with Crippen molar-refractivity contribution in [3.63, 3.8) is 0 Å². The van der Waals surface area contributed by atoms with Crippen LogP contribution in [0.1, 0.15) is 95.2 Å². The minimum atomic E-state index is -3.85. The second-order valence-corrected chi connectivity index (χ2v) is 17.0. The van der Waals surface area contributed by atoms with E-state index < -0.39 is 62.8 Å². The molecule has 5 aliphatic rings. The lowest BCUT2D eigenvalue weighted by Gasteiger charge is -2.33. The quantitative estimate of drug-likeness (QED) is 0.367. The molecule has 3 N–H and O–H groups in total. The van der Waals surface area contributed by atoms with Gasteiger partial charge in [0.25, 0.3) is 5.91 Å². The number of fused-ring (bicyclic) bond motifs is 3. The fourth-order valence-corrected chi connectivity index (χ4v) is 9.07. The maximum absolute atomic E-state index is 14.3. The zero-order chi connectivity index (χ0) is 35.1. The van der Waals surface area contributed by atoms with Crippen molar-refractivity contribution in [3.8, 4) is 0 Å². The number of aryl methyl sites for hydroxylation is 1. The van der Waals surface area contributed by atoms with Crippen molar-refractivity contribution in [3.05, 3.63) is 47.5 Å². The monoisotopic (exact) mass is 697 g/mol. The van der Waals surface area contributed by atoms with E-state index in [4.69, 9.17) is 4.74 Å². The summed E-state index contributed by atoms with van der Waals surface area (Å²) in [6, 6.07) is 4.67. The Labute approximate surface area is 289 Å². The Balaban J connectivity index is 1.25. The fourth-order valence-electron chi connectivity index (χ4n) is 7.70. The number of nitrogens with zero attached hydrogens (tertiary/aromatic N) is 2. The third-order valence-electron chi connectivity index (χ3n) is 10.9. The highest BCUT2D eigenvalue weighted by molar-refractivity contribution is 7.91. The second-order valence-electron chi connectivity index (χ2n) is 15.1. The average Bonchev–Trinajstić information content (AvgIpc) is 3.95. The topological polar surface area (TPSA) is 154 Å². The zero-order valence-corrected chi connectivity index (χ0v) is 29.7. The molecule has 2 aliphatic carbocycles. The molecule has 1 saturated heterocycles. The molecular formula is C36H51N5O7S. The first-order chi connectivity index (χ1) is 23.3. The lowest BCUT2D eigenvalue weighted by Crippen LogP contribution is -2.59. The van der Waals surface area contributed by atoms with Gasteiger partial charge in [-0.05, 0) is 68.1 Å². The van der Waals surface area contributed by atoms with E-state index in [1.807, 2.05) is 26.0 Å². The lowest BCUT2D eigenvalue weighted by atomic mass is 9.97. The van der Waals surface area contributed by atoms with Crippen LogP contribution in [-0.2, 0) is 48.7 Å². The van der Waals surface area contributed by atoms with Gasteiger partial charge in [0.15, 0.2) is 0 Å². The van der Waals surface area contributed by atoms with Gasteiger partial charge in [-0.3, -0.25) is 24.0 Å². The van der Waals surface area contributed by atoms with E-state index in [9.17, 15) is 27.6 Å². The van der Waals surface area contributed by atoms with Gasteiger partial charge >= 0.3 is 6.09 Å². The van der Waals surface area contributed by atoms with Crippen molar-refractivity contribution in [2.75, 3.05) is 6.54 Å². The summed E-state index contributed by atoms with van der Waals surface area (Å²) in [5, 5.41) is 5.73. The Morgan fingerprint density at radius 3 is 2.51 bits per heavy atom. The van der Waals surface area contributed by atoms with E-state index in [2.05, 4.69) is 34.9 Å². The second kappa shape index (κ2) is 14.0.